The van der Waals surface area contributed by atoms with Gasteiger partial charge in [0.25, 0.3) is 0 Å². The van der Waals surface area contributed by atoms with Crippen molar-refractivity contribution >= 4 is 17.7 Å². The minimum atomic E-state index is -1.13. The van der Waals surface area contributed by atoms with Crippen molar-refractivity contribution < 1.29 is 29.6 Å². The van der Waals surface area contributed by atoms with Crippen molar-refractivity contribution in [3.63, 3.8) is 0 Å². The fraction of sp³-hybridized carbons (Fsp3) is 0.350. The molecule has 0 saturated carbocycles. The van der Waals surface area contributed by atoms with Crippen LogP contribution in [0.15, 0.2) is 53.4 Å². The standard InChI is InChI=1S/C20H24O6S/c1-2-7-16-17(22)10-6-11-18(16)25-12-14(21)13-26-20(19(23)24)27-15-8-4-3-5-9-15/h3-6,8-11,14,20-22H,2,7,12-13H2,1H3,(H,23,24). The van der Waals surface area contributed by atoms with E-state index in [0.29, 0.717) is 17.7 Å². The van der Waals surface area contributed by atoms with E-state index in [9.17, 15) is 20.1 Å². The Morgan fingerprint density at radius 3 is 2.52 bits per heavy atom. The molecule has 146 valence electrons. The Bertz CT molecular complexity index is 722. The average molecular weight is 392 g/mol. The van der Waals surface area contributed by atoms with Crippen molar-refractivity contribution in [1.29, 1.82) is 0 Å². The molecule has 2 atom stereocenters. The number of aliphatic hydroxyl groups is 1. The highest BCUT2D eigenvalue weighted by molar-refractivity contribution is 8.00. The molecule has 0 aliphatic heterocycles. The van der Waals surface area contributed by atoms with Crippen molar-refractivity contribution in [3.05, 3.63) is 54.1 Å². The van der Waals surface area contributed by atoms with E-state index in [1.54, 1.807) is 30.3 Å². The lowest BCUT2D eigenvalue weighted by atomic mass is 10.1. The predicted octanol–water partition coefficient (Wildman–Crippen LogP) is 3.30. The minimum absolute atomic E-state index is 0.0670. The summed E-state index contributed by atoms with van der Waals surface area (Å²) in [5.41, 5.74) is -0.436. The number of phenols is 1. The molecule has 6 nitrogen and oxygen atoms in total. The molecule has 0 radical (unpaired) electrons. The fourth-order valence-corrected chi connectivity index (χ4v) is 3.21. The van der Waals surface area contributed by atoms with Crippen LogP contribution in [0.3, 0.4) is 0 Å². The monoisotopic (exact) mass is 392 g/mol. The van der Waals surface area contributed by atoms with Crippen LogP contribution in [0.5, 0.6) is 11.5 Å². The first-order chi connectivity index (χ1) is 13.0. The number of carboxylic acid groups (broad SMARTS) is 1. The summed E-state index contributed by atoms with van der Waals surface area (Å²) in [5, 5.41) is 29.3. The number of carbonyl (C=O) groups is 1. The molecule has 3 N–H and O–H groups in total. The topological polar surface area (TPSA) is 96.2 Å². The SMILES string of the molecule is CCCc1c(O)cccc1OCC(O)COC(Sc1ccccc1)C(=O)O. The maximum atomic E-state index is 11.4. The van der Waals surface area contributed by atoms with E-state index in [1.807, 2.05) is 25.1 Å². The number of ether oxygens (including phenoxy) is 2. The normalized spacial score (nSPS) is 13.1. The molecular weight excluding hydrogens is 368 g/mol. The van der Waals surface area contributed by atoms with Gasteiger partial charge in [-0.15, -0.1) is 0 Å². The molecular formula is C20H24O6S. The predicted molar refractivity (Wildman–Crippen MR) is 103 cm³/mol. The van der Waals surface area contributed by atoms with Gasteiger partial charge in [-0.1, -0.05) is 49.4 Å². The first-order valence-corrected chi connectivity index (χ1v) is 9.57. The largest absolute Gasteiger partial charge is 0.508 e. The molecule has 2 rings (SSSR count). The smallest absolute Gasteiger partial charge is 0.343 e. The maximum absolute atomic E-state index is 11.4. The summed E-state index contributed by atoms with van der Waals surface area (Å²) in [6.45, 7) is 1.75. The van der Waals surface area contributed by atoms with Crippen molar-refractivity contribution in [2.24, 2.45) is 0 Å². The molecule has 0 aliphatic carbocycles. The zero-order valence-corrected chi connectivity index (χ0v) is 15.9. The van der Waals surface area contributed by atoms with Crippen LogP contribution in [0, 0.1) is 0 Å². The third-order valence-electron chi connectivity index (χ3n) is 3.67. The lowest BCUT2D eigenvalue weighted by Gasteiger charge is -2.18. The Labute approximate surface area is 162 Å². The van der Waals surface area contributed by atoms with Gasteiger partial charge in [0, 0.05) is 10.5 Å². The van der Waals surface area contributed by atoms with E-state index in [0.717, 1.165) is 23.1 Å². The number of hydrogen-bond donors (Lipinski definition) is 3. The summed E-state index contributed by atoms with van der Waals surface area (Å²) in [7, 11) is 0. The zero-order chi connectivity index (χ0) is 19.6. The Kier molecular flexibility index (Phi) is 8.44. The summed E-state index contributed by atoms with van der Waals surface area (Å²) < 4.78 is 10.9. The quantitative estimate of drug-likeness (QED) is 0.399. The number of aromatic hydroxyl groups is 1. The molecule has 0 heterocycles. The number of aliphatic hydroxyl groups excluding tert-OH is 1. The number of aliphatic carboxylic acids is 1. The third-order valence-corrected chi connectivity index (χ3v) is 4.76. The molecule has 2 aromatic carbocycles. The molecule has 2 aromatic rings. The number of hydrogen-bond acceptors (Lipinski definition) is 6. The fourth-order valence-electron chi connectivity index (χ4n) is 2.40. The Balaban J connectivity index is 1.87. The van der Waals surface area contributed by atoms with E-state index >= 15 is 0 Å². The van der Waals surface area contributed by atoms with E-state index in [1.165, 1.54) is 0 Å². The summed E-state index contributed by atoms with van der Waals surface area (Å²) >= 11 is 1.06. The number of benzene rings is 2. The number of phenolic OH excluding ortho intramolecular Hbond substituents is 1. The molecule has 2 unspecified atom stereocenters. The van der Waals surface area contributed by atoms with Gasteiger partial charge in [0.1, 0.15) is 24.2 Å². The minimum Gasteiger partial charge on any atom is -0.508 e. The van der Waals surface area contributed by atoms with Crippen molar-refractivity contribution in [2.45, 2.75) is 36.2 Å². The first kappa shape index (κ1) is 21.1. The summed E-state index contributed by atoms with van der Waals surface area (Å²) in [5.74, 6) is -0.454. The molecule has 0 aromatic heterocycles. The highest BCUT2D eigenvalue weighted by Crippen LogP contribution is 2.29. The summed E-state index contributed by atoms with van der Waals surface area (Å²) in [4.78, 5) is 12.1. The van der Waals surface area contributed by atoms with Crippen LogP contribution in [-0.2, 0) is 16.0 Å². The van der Waals surface area contributed by atoms with Gasteiger partial charge >= 0.3 is 5.97 Å². The van der Waals surface area contributed by atoms with E-state index in [4.69, 9.17) is 9.47 Å². The highest BCUT2D eigenvalue weighted by atomic mass is 32.2. The average Bonchev–Trinajstić information content (AvgIpc) is 2.66. The Morgan fingerprint density at radius 1 is 1.11 bits per heavy atom. The molecule has 0 amide bonds. The van der Waals surface area contributed by atoms with Gasteiger partial charge in [0.15, 0.2) is 0 Å². The van der Waals surface area contributed by atoms with Gasteiger partial charge in [-0.05, 0) is 30.7 Å². The second-order valence-corrected chi connectivity index (χ2v) is 7.04. The van der Waals surface area contributed by atoms with E-state index in [-0.39, 0.29) is 19.0 Å². The molecule has 0 fully saturated rings. The van der Waals surface area contributed by atoms with Crippen LogP contribution in [0.2, 0.25) is 0 Å². The van der Waals surface area contributed by atoms with Crippen LogP contribution in [0.1, 0.15) is 18.9 Å². The zero-order valence-electron chi connectivity index (χ0n) is 15.1. The van der Waals surface area contributed by atoms with Gasteiger partial charge in [-0.2, -0.15) is 0 Å². The second-order valence-electron chi connectivity index (χ2n) is 5.90. The van der Waals surface area contributed by atoms with Crippen LogP contribution in [-0.4, -0.2) is 46.0 Å². The summed E-state index contributed by atoms with van der Waals surface area (Å²) in [6, 6.07) is 14.0. The van der Waals surface area contributed by atoms with Crippen LogP contribution in [0.4, 0.5) is 0 Å². The van der Waals surface area contributed by atoms with Crippen molar-refractivity contribution in [2.75, 3.05) is 13.2 Å². The van der Waals surface area contributed by atoms with Gasteiger partial charge < -0.3 is 24.8 Å². The number of thioether (sulfide) groups is 1. The molecule has 0 aliphatic rings. The van der Waals surface area contributed by atoms with Gasteiger partial charge in [0.05, 0.1) is 6.61 Å². The lowest BCUT2D eigenvalue weighted by Crippen LogP contribution is -2.29. The maximum Gasteiger partial charge on any atom is 0.343 e. The molecule has 0 saturated heterocycles. The highest BCUT2D eigenvalue weighted by Gasteiger charge is 2.21. The number of rotatable bonds is 11. The summed E-state index contributed by atoms with van der Waals surface area (Å²) in [6.07, 6.45) is 0.500. The Hall–Kier alpha value is -2.22. The number of carboxylic acids is 1. The van der Waals surface area contributed by atoms with Crippen LogP contribution < -0.4 is 4.74 Å². The Morgan fingerprint density at radius 2 is 1.85 bits per heavy atom. The van der Waals surface area contributed by atoms with E-state index < -0.39 is 17.5 Å². The third kappa shape index (κ3) is 6.78. The molecule has 0 spiro atoms. The van der Waals surface area contributed by atoms with Crippen molar-refractivity contribution in [1.82, 2.24) is 0 Å². The van der Waals surface area contributed by atoms with Crippen LogP contribution in [0.25, 0.3) is 0 Å². The van der Waals surface area contributed by atoms with Gasteiger partial charge in [-0.25, -0.2) is 4.79 Å². The van der Waals surface area contributed by atoms with Gasteiger partial charge in [-0.3, -0.25) is 0 Å². The second kappa shape index (κ2) is 10.8. The van der Waals surface area contributed by atoms with Crippen LogP contribution >= 0.6 is 11.8 Å². The van der Waals surface area contributed by atoms with E-state index in [2.05, 4.69) is 0 Å². The molecule has 7 heteroatoms. The lowest BCUT2D eigenvalue weighted by molar-refractivity contribution is -0.145. The molecule has 27 heavy (non-hydrogen) atoms. The first-order valence-electron chi connectivity index (χ1n) is 8.69. The van der Waals surface area contributed by atoms with Gasteiger partial charge in [0.2, 0.25) is 5.44 Å². The van der Waals surface area contributed by atoms with Crippen molar-refractivity contribution in [3.8, 4) is 11.5 Å². The molecule has 0 bridgehead atoms.